The minimum atomic E-state index is -0.348. The Labute approximate surface area is 189 Å². The molecular weight excluding hydrogens is 439 g/mol. The van der Waals surface area contributed by atoms with Crippen LogP contribution in [0.3, 0.4) is 0 Å². The molecule has 162 valence electrons. The molecule has 0 aliphatic rings. The van der Waals surface area contributed by atoms with E-state index in [4.69, 9.17) is 9.72 Å². The minimum Gasteiger partial charge on any atom is -0.484 e. The zero-order valence-corrected chi connectivity index (χ0v) is 18.5. The van der Waals surface area contributed by atoms with E-state index < -0.39 is 0 Å². The molecular formula is C22H22ClFN4O2S. The van der Waals surface area contributed by atoms with Gasteiger partial charge in [-0.15, -0.1) is 12.4 Å². The largest absolute Gasteiger partial charge is 0.484 e. The number of ether oxygens (including phenoxy) is 1. The summed E-state index contributed by atoms with van der Waals surface area (Å²) in [5.74, 6) is -0.0930. The van der Waals surface area contributed by atoms with Crippen molar-refractivity contribution >= 4 is 45.0 Å². The molecule has 1 amide bonds. The molecule has 31 heavy (non-hydrogen) atoms. The molecule has 4 aromatic rings. The van der Waals surface area contributed by atoms with Gasteiger partial charge in [0.25, 0.3) is 5.91 Å². The van der Waals surface area contributed by atoms with Crippen molar-refractivity contribution in [3.8, 4) is 5.75 Å². The Kier molecular flexibility index (Phi) is 7.59. The van der Waals surface area contributed by atoms with E-state index in [1.165, 1.54) is 35.6 Å². The average molecular weight is 461 g/mol. The van der Waals surface area contributed by atoms with Crippen molar-refractivity contribution in [3.63, 3.8) is 0 Å². The van der Waals surface area contributed by atoms with Gasteiger partial charge in [0.2, 0.25) is 0 Å². The molecule has 6 nitrogen and oxygen atoms in total. The van der Waals surface area contributed by atoms with E-state index in [0.717, 1.165) is 28.7 Å². The van der Waals surface area contributed by atoms with Crippen molar-refractivity contribution in [1.29, 1.82) is 0 Å². The monoisotopic (exact) mass is 460 g/mol. The maximum Gasteiger partial charge on any atom is 0.266 e. The first-order chi connectivity index (χ1) is 14.6. The van der Waals surface area contributed by atoms with Crippen LogP contribution in [0.5, 0.6) is 5.75 Å². The maximum atomic E-state index is 13.1. The molecule has 0 N–H and O–H groups in total. The van der Waals surface area contributed by atoms with Crippen LogP contribution < -0.4 is 9.64 Å². The lowest BCUT2D eigenvalue weighted by Crippen LogP contribution is -2.36. The predicted octanol–water partition coefficient (Wildman–Crippen LogP) is 4.86. The van der Waals surface area contributed by atoms with Crippen molar-refractivity contribution in [2.24, 2.45) is 0 Å². The second kappa shape index (κ2) is 10.4. The number of carbonyl (C=O) groups excluding carboxylic acids is 1. The fraction of sp³-hybridized carbons (Fsp3) is 0.227. The number of carbonyl (C=O) groups is 1. The molecule has 0 saturated carbocycles. The number of aromatic nitrogens is 3. The molecule has 9 heteroatoms. The van der Waals surface area contributed by atoms with E-state index in [-0.39, 0.29) is 30.7 Å². The zero-order valence-electron chi connectivity index (χ0n) is 16.9. The standard InChI is InChI=1S/C22H21FN4O2S.ClH/c1-16-4-2-5-19-21(16)25-22(30-19)27(12-3-11-26-13-10-24-15-26)20(28)14-29-18-8-6-17(23)7-9-18;/h2,4-10,13,15H,3,11-12,14H2,1H3;1H. The fourth-order valence-corrected chi connectivity index (χ4v) is 4.19. The molecule has 0 aliphatic carbocycles. The molecule has 0 aliphatic heterocycles. The van der Waals surface area contributed by atoms with Crippen molar-refractivity contribution in [2.45, 2.75) is 19.9 Å². The molecule has 0 unspecified atom stereocenters. The lowest BCUT2D eigenvalue weighted by atomic mass is 10.2. The third-order valence-electron chi connectivity index (χ3n) is 4.67. The first-order valence-electron chi connectivity index (χ1n) is 9.61. The quantitative estimate of drug-likeness (QED) is 0.376. The van der Waals surface area contributed by atoms with Crippen LogP contribution in [0, 0.1) is 12.7 Å². The molecule has 2 aromatic heterocycles. The van der Waals surface area contributed by atoms with Crippen LogP contribution in [-0.2, 0) is 11.3 Å². The van der Waals surface area contributed by atoms with Crippen LogP contribution in [0.15, 0.2) is 61.2 Å². The number of benzene rings is 2. The highest BCUT2D eigenvalue weighted by molar-refractivity contribution is 7.22. The average Bonchev–Trinajstić information content (AvgIpc) is 3.41. The zero-order chi connectivity index (χ0) is 20.9. The van der Waals surface area contributed by atoms with Crippen LogP contribution in [0.1, 0.15) is 12.0 Å². The predicted molar refractivity (Wildman–Crippen MR) is 123 cm³/mol. The highest BCUT2D eigenvalue weighted by Crippen LogP contribution is 2.31. The van der Waals surface area contributed by atoms with E-state index in [1.54, 1.807) is 17.4 Å². The second-order valence-corrected chi connectivity index (χ2v) is 7.87. The van der Waals surface area contributed by atoms with Crippen molar-refractivity contribution in [2.75, 3.05) is 18.1 Å². The number of anilines is 1. The first kappa shape index (κ1) is 22.7. The molecule has 0 spiro atoms. The number of rotatable bonds is 8. The smallest absolute Gasteiger partial charge is 0.266 e. The summed E-state index contributed by atoms with van der Waals surface area (Å²) in [7, 11) is 0. The highest BCUT2D eigenvalue weighted by atomic mass is 35.5. The number of amides is 1. The number of imidazole rings is 1. The lowest BCUT2D eigenvalue weighted by Gasteiger charge is -2.20. The number of nitrogens with zero attached hydrogens (tertiary/aromatic N) is 4. The van der Waals surface area contributed by atoms with Gasteiger partial charge in [-0.1, -0.05) is 23.5 Å². The van der Waals surface area contributed by atoms with Crippen LogP contribution in [-0.4, -0.2) is 33.6 Å². The van der Waals surface area contributed by atoms with Crippen LogP contribution >= 0.6 is 23.7 Å². The number of para-hydroxylation sites is 1. The third kappa shape index (κ3) is 5.59. The van der Waals surface area contributed by atoms with Crippen molar-refractivity contribution < 1.29 is 13.9 Å². The first-order valence-corrected chi connectivity index (χ1v) is 10.4. The Hall–Kier alpha value is -2.97. The summed E-state index contributed by atoms with van der Waals surface area (Å²) in [6.45, 7) is 3.11. The minimum absolute atomic E-state index is 0. The van der Waals surface area contributed by atoms with Gasteiger partial charge in [0.15, 0.2) is 11.7 Å². The van der Waals surface area contributed by atoms with Gasteiger partial charge in [-0.3, -0.25) is 9.69 Å². The number of fused-ring (bicyclic) bond motifs is 1. The fourth-order valence-electron chi connectivity index (χ4n) is 3.10. The molecule has 2 heterocycles. The molecule has 0 fully saturated rings. The summed E-state index contributed by atoms with van der Waals surface area (Å²) in [6.07, 6.45) is 6.12. The summed E-state index contributed by atoms with van der Waals surface area (Å²) < 4.78 is 21.7. The molecule has 0 saturated heterocycles. The van der Waals surface area contributed by atoms with Gasteiger partial charge in [-0.2, -0.15) is 0 Å². The summed E-state index contributed by atoms with van der Waals surface area (Å²) in [5.41, 5.74) is 1.98. The Morgan fingerprint density at radius 1 is 1.23 bits per heavy atom. The number of thiazole rings is 1. The Morgan fingerprint density at radius 3 is 2.74 bits per heavy atom. The number of aryl methyl sites for hydroxylation is 2. The highest BCUT2D eigenvalue weighted by Gasteiger charge is 2.20. The van der Waals surface area contributed by atoms with Gasteiger partial charge in [-0.25, -0.2) is 14.4 Å². The van der Waals surface area contributed by atoms with Crippen molar-refractivity contribution in [1.82, 2.24) is 14.5 Å². The SMILES string of the molecule is Cc1cccc2sc(N(CCCn3ccnc3)C(=O)COc3ccc(F)cc3)nc12.Cl. The summed E-state index contributed by atoms with van der Waals surface area (Å²) in [4.78, 5) is 23.4. The normalized spacial score (nSPS) is 10.6. The van der Waals surface area contributed by atoms with E-state index in [9.17, 15) is 9.18 Å². The van der Waals surface area contributed by atoms with Crippen molar-refractivity contribution in [3.05, 3.63) is 72.6 Å². The summed E-state index contributed by atoms with van der Waals surface area (Å²) in [5, 5.41) is 0.651. The Balaban J connectivity index is 0.00000272. The van der Waals surface area contributed by atoms with Gasteiger partial charge in [0, 0.05) is 25.5 Å². The van der Waals surface area contributed by atoms with Crippen LogP contribution in [0.2, 0.25) is 0 Å². The molecule has 2 aromatic carbocycles. The Morgan fingerprint density at radius 2 is 2.03 bits per heavy atom. The third-order valence-corrected chi connectivity index (χ3v) is 5.72. The van der Waals surface area contributed by atoms with E-state index >= 15 is 0 Å². The van der Waals surface area contributed by atoms with E-state index in [1.807, 2.05) is 35.9 Å². The topological polar surface area (TPSA) is 60.2 Å². The number of hydrogen-bond donors (Lipinski definition) is 0. The molecule has 4 rings (SSSR count). The summed E-state index contributed by atoms with van der Waals surface area (Å²) in [6, 6.07) is 11.6. The number of halogens is 2. The number of hydrogen-bond acceptors (Lipinski definition) is 5. The lowest BCUT2D eigenvalue weighted by molar-refractivity contribution is -0.120. The van der Waals surface area contributed by atoms with Gasteiger partial charge < -0.3 is 9.30 Å². The van der Waals surface area contributed by atoms with Crippen LogP contribution in [0.25, 0.3) is 10.2 Å². The van der Waals surface area contributed by atoms with Gasteiger partial charge in [0.05, 0.1) is 16.5 Å². The molecule has 0 radical (unpaired) electrons. The van der Waals surface area contributed by atoms with E-state index in [2.05, 4.69) is 4.98 Å². The van der Waals surface area contributed by atoms with Gasteiger partial charge in [0.1, 0.15) is 11.6 Å². The maximum absolute atomic E-state index is 13.1. The summed E-state index contributed by atoms with van der Waals surface area (Å²) >= 11 is 1.49. The van der Waals surface area contributed by atoms with Gasteiger partial charge >= 0.3 is 0 Å². The van der Waals surface area contributed by atoms with Crippen LogP contribution in [0.4, 0.5) is 9.52 Å². The second-order valence-electron chi connectivity index (χ2n) is 6.86. The van der Waals surface area contributed by atoms with E-state index in [0.29, 0.717) is 17.4 Å². The Bertz CT molecular complexity index is 1130. The molecule has 0 bridgehead atoms. The van der Waals surface area contributed by atoms with Gasteiger partial charge in [-0.05, 0) is 49.2 Å². The molecule has 0 atom stereocenters.